The number of benzene rings is 1. The van der Waals surface area contributed by atoms with Crippen LogP contribution in [0, 0.1) is 0 Å². The number of hydrogen-bond acceptors (Lipinski definition) is 2. The number of rotatable bonds is 3. The van der Waals surface area contributed by atoms with Crippen molar-refractivity contribution in [2.75, 3.05) is 32.7 Å². The zero-order valence-corrected chi connectivity index (χ0v) is 11.5. The second-order valence-electron chi connectivity index (χ2n) is 5.60. The summed E-state index contributed by atoms with van der Waals surface area (Å²) in [4.78, 5) is 17.1. The lowest BCUT2D eigenvalue weighted by atomic mass is 10.0. The zero-order valence-electron chi connectivity index (χ0n) is 11.5. The van der Waals surface area contributed by atoms with Crippen molar-refractivity contribution < 1.29 is 4.79 Å². The molecule has 1 aromatic rings. The van der Waals surface area contributed by atoms with Crippen LogP contribution < -0.4 is 0 Å². The van der Waals surface area contributed by atoms with Crippen molar-refractivity contribution in [2.24, 2.45) is 0 Å². The van der Waals surface area contributed by atoms with Gasteiger partial charge in [0.15, 0.2) is 0 Å². The van der Waals surface area contributed by atoms with E-state index in [9.17, 15) is 4.79 Å². The molecule has 0 aliphatic carbocycles. The molecule has 3 heteroatoms. The molecule has 1 amide bonds. The van der Waals surface area contributed by atoms with Crippen molar-refractivity contribution >= 4 is 5.91 Å². The number of nitrogens with zero attached hydrogens (tertiary/aromatic N) is 2. The molecular formula is C16H22N2O. The topological polar surface area (TPSA) is 23.6 Å². The number of aryl methyl sites for hydroxylation is 1. The van der Waals surface area contributed by atoms with E-state index in [4.69, 9.17) is 0 Å². The average Bonchev–Trinajstić information content (AvgIpc) is 2.90. The highest BCUT2D eigenvalue weighted by molar-refractivity contribution is 5.96. The fraction of sp³-hybridized carbons (Fsp3) is 0.562. The molecule has 1 aromatic carbocycles. The molecule has 0 bridgehead atoms. The van der Waals surface area contributed by atoms with E-state index in [0.717, 1.165) is 38.0 Å². The van der Waals surface area contributed by atoms with Crippen LogP contribution in [0.3, 0.4) is 0 Å². The number of fused-ring (bicyclic) bond motifs is 1. The fourth-order valence-corrected chi connectivity index (χ4v) is 3.16. The Bertz CT molecular complexity index is 452. The summed E-state index contributed by atoms with van der Waals surface area (Å²) >= 11 is 0. The van der Waals surface area contributed by atoms with Crippen molar-refractivity contribution in [3.05, 3.63) is 35.4 Å². The monoisotopic (exact) mass is 258 g/mol. The first kappa shape index (κ1) is 12.7. The maximum atomic E-state index is 12.5. The Labute approximate surface area is 115 Å². The molecule has 19 heavy (non-hydrogen) atoms. The summed E-state index contributed by atoms with van der Waals surface area (Å²) in [5.74, 6) is 0.229. The summed E-state index contributed by atoms with van der Waals surface area (Å²) in [7, 11) is 0. The van der Waals surface area contributed by atoms with Crippen LogP contribution in [0.4, 0.5) is 0 Å². The van der Waals surface area contributed by atoms with Gasteiger partial charge < -0.3 is 9.80 Å². The molecule has 1 fully saturated rings. The molecule has 102 valence electrons. The van der Waals surface area contributed by atoms with Crippen LogP contribution in [0.25, 0.3) is 0 Å². The van der Waals surface area contributed by atoms with E-state index >= 15 is 0 Å². The van der Waals surface area contributed by atoms with Gasteiger partial charge in [0.05, 0.1) is 0 Å². The van der Waals surface area contributed by atoms with E-state index < -0.39 is 0 Å². The Hall–Kier alpha value is -1.35. The van der Waals surface area contributed by atoms with Gasteiger partial charge in [-0.25, -0.2) is 0 Å². The van der Waals surface area contributed by atoms with Gasteiger partial charge in [0.2, 0.25) is 0 Å². The van der Waals surface area contributed by atoms with E-state index in [0.29, 0.717) is 0 Å². The molecule has 0 radical (unpaired) electrons. The Morgan fingerprint density at radius 1 is 0.947 bits per heavy atom. The van der Waals surface area contributed by atoms with Gasteiger partial charge in [-0.15, -0.1) is 0 Å². The Morgan fingerprint density at radius 2 is 1.74 bits per heavy atom. The van der Waals surface area contributed by atoms with Gasteiger partial charge in [0.1, 0.15) is 0 Å². The number of carbonyl (C=O) groups excluding carboxylic acids is 1. The first-order chi connectivity index (χ1) is 9.34. The highest BCUT2D eigenvalue weighted by atomic mass is 16.2. The van der Waals surface area contributed by atoms with Gasteiger partial charge in [0, 0.05) is 25.2 Å². The smallest absolute Gasteiger partial charge is 0.254 e. The van der Waals surface area contributed by atoms with E-state index in [2.05, 4.69) is 11.0 Å². The van der Waals surface area contributed by atoms with Crippen LogP contribution in [0.15, 0.2) is 24.3 Å². The largest absolute Gasteiger partial charge is 0.337 e. The lowest BCUT2D eigenvalue weighted by Crippen LogP contribution is -2.37. The molecular weight excluding hydrogens is 236 g/mol. The van der Waals surface area contributed by atoms with Gasteiger partial charge in [-0.3, -0.25) is 4.79 Å². The quantitative estimate of drug-likeness (QED) is 0.829. The minimum Gasteiger partial charge on any atom is -0.337 e. The van der Waals surface area contributed by atoms with Crippen LogP contribution in [-0.2, 0) is 6.42 Å². The van der Waals surface area contributed by atoms with Gasteiger partial charge in [-0.05, 0) is 50.4 Å². The van der Waals surface area contributed by atoms with E-state index in [-0.39, 0.29) is 5.91 Å². The van der Waals surface area contributed by atoms with Crippen LogP contribution >= 0.6 is 0 Å². The molecule has 2 aliphatic rings. The summed E-state index contributed by atoms with van der Waals surface area (Å²) in [6, 6.07) is 8.08. The lowest BCUT2D eigenvalue weighted by Gasteiger charge is -2.24. The Balaban J connectivity index is 1.67. The van der Waals surface area contributed by atoms with Crippen LogP contribution in [-0.4, -0.2) is 48.4 Å². The average molecular weight is 258 g/mol. The minimum absolute atomic E-state index is 0.229. The van der Waals surface area contributed by atoms with Crippen molar-refractivity contribution in [1.82, 2.24) is 9.80 Å². The van der Waals surface area contributed by atoms with Crippen molar-refractivity contribution in [3.63, 3.8) is 0 Å². The highest BCUT2D eigenvalue weighted by Gasteiger charge is 2.22. The van der Waals surface area contributed by atoms with Gasteiger partial charge in [-0.1, -0.05) is 18.2 Å². The fourth-order valence-electron chi connectivity index (χ4n) is 3.16. The third-order valence-electron chi connectivity index (χ3n) is 4.29. The van der Waals surface area contributed by atoms with Crippen molar-refractivity contribution in [3.8, 4) is 0 Å². The summed E-state index contributed by atoms with van der Waals surface area (Å²) in [6.07, 6.45) is 4.75. The lowest BCUT2D eigenvalue weighted by molar-refractivity contribution is 0.0746. The number of hydrogen-bond donors (Lipinski definition) is 0. The molecule has 0 N–H and O–H groups in total. The Kier molecular flexibility index (Phi) is 3.83. The third-order valence-corrected chi connectivity index (χ3v) is 4.29. The second-order valence-corrected chi connectivity index (χ2v) is 5.60. The molecule has 2 aliphatic heterocycles. The summed E-state index contributed by atoms with van der Waals surface area (Å²) < 4.78 is 0. The number of likely N-dealkylation sites (tertiary alicyclic amines) is 1. The van der Waals surface area contributed by atoms with E-state index in [1.165, 1.54) is 31.5 Å². The van der Waals surface area contributed by atoms with E-state index in [1.54, 1.807) is 0 Å². The molecule has 1 saturated heterocycles. The molecule has 3 nitrogen and oxygen atoms in total. The first-order valence-corrected chi connectivity index (χ1v) is 7.44. The molecule has 0 aromatic heterocycles. The first-order valence-electron chi connectivity index (χ1n) is 7.44. The predicted molar refractivity (Wildman–Crippen MR) is 76.3 cm³/mol. The maximum Gasteiger partial charge on any atom is 0.254 e. The number of amides is 1. The molecule has 0 atom stereocenters. The van der Waals surface area contributed by atoms with Crippen molar-refractivity contribution in [1.29, 1.82) is 0 Å². The molecule has 3 rings (SSSR count). The molecule has 0 unspecified atom stereocenters. The zero-order chi connectivity index (χ0) is 13.1. The van der Waals surface area contributed by atoms with Gasteiger partial charge >= 0.3 is 0 Å². The predicted octanol–water partition coefficient (Wildman–Crippen LogP) is 2.17. The van der Waals surface area contributed by atoms with E-state index in [1.807, 2.05) is 23.1 Å². The van der Waals surface area contributed by atoms with Crippen LogP contribution in [0.5, 0.6) is 0 Å². The van der Waals surface area contributed by atoms with Crippen LogP contribution in [0.2, 0.25) is 0 Å². The SMILES string of the molecule is O=C1c2ccccc2CCCN1CCN1CCCC1. The molecule has 0 spiro atoms. The van der Waals surface area contributed by atoms with Gasteiger partial charge in [-0.2, -0.15) is 0 Å². The molecule has 2 heterocycles. The summed E-state index contributed by atoms with van der Waals surface area (Å²) in [6.45, 7) is 5.24. The second kappa shape index (κ2) is 5.74. The van der Waals surface area contributed by atoms with Gasteiger partial charge in [0.25, 0.3) is 5.91 Å². The third kappa shape index (κ3) is 2.81. The Morgan fingerprint density at radius 3 is 2.58 bits per heavy atom. The van der Waals surface area contributed by atoms with Crippen LogP contribution in [0.1, 0.15) is 35.2 Å². The summed E-state index contributed by atoms with van der Waals surface area (Å²) in [5.41, 5.74) is 2.14. The number of carbonyl (C=O) groups is 1. The normalized spacial score (nSPS) is 20.4. The van der Waals surface area contributed by atoms with Crippen molar-refractivity contribution in [2.45, 2.75) is 25.7 Å². The standard InChI is InChI=1S/C16H22N2O/c19-16-15-8-2-1-6-14(15)7-5-11-18(16)13-12-17-9-3-4-10-17/h1-2,6,8H,3-5,7,9-13H2. The maximum absolute atomic E-state index is 12.5. The highest BCUT2D eigenvalue weighted by Crippen LogP contribution is 2.18. The molecule has 0 saturated carbocycles. The minimum atomic E-state index is 0.229. The summed E-state index contributed by atoms with van der Waals surface area (Å²) in [5, 5.41) is 0.